The number of rotatable bonds is 18. The van der Waals surface area contributed by atoms with Crippen molar-refractivity contribution in [3.8, 4) is 0 Å². The molecule has 0 aliphatic rings. The summed E-state index contributed by atoms with van der Waals surface area (Å²) in [6.45, 7) is 16.7. The highest BCUT2D eigenvalue weighted by Crippen LogP contribution is 2.15. The molecule has 0 aliphatic heterocycles. The number of likely N-dealkylation sites (N-methyl/N-ethyl adjacent to an activating group) is 2. The fourth-order valence-electron chi connectivity index (χ4n) is 3.53. The van der Waals surface area contributed by atoms with Crippen LogP contribution in [0, 0.1) is 11.8 Å². The van der Waals surface area contributed by atoms with Gasteiger partial charge >= 0.3 is 0 Å². The van der Waals surface area contributed by atoms with Crippen molar-refractivity contribution in [3.63, 3.8) is 0 Å². The molecule has 0 fully saturated rings. The number of allylic oxidation sites excluding steroid dienone is 1. The third-order valence-corrected chi connectivity index (χ3v) is 6.09. The minimum Gasteiger partial charge on any atom is -0.475 e. The second-order valence-corrected chi connectivity index (χ2v) is 10.8. The van der Waals surface area contributed by atoms with E-state index in [0.29, 0.717) is 31.4 Å². The van der Waals surface area contributed by atoms with Crippen LogP contribution in [0.2, 0.25) is 0 Å². The van der Waals surface area contributed by atoms with Crippen LogP contribution in [0.25, 0.3) is 0 Å². The Balaban J connectivity index is 2.63. The molecule has 1 atom stereocenters. The molecule has 1 aromatic carbocycles. The highest BCUT2D eigenvalue weighted by Gasteiger charge is 2.24. The summed E-state index contributed by atoms with van der Waals surface area (Å²) in [6, 6.07) is 7.45. The van der Waals surface area contributed by atoms with Gasteiger partial charge in [0.05, 0.1) is 6.54 Å². The van der Waals surface area contributed by atoms with Crippen LogP contribution in [0.15, 0.2) is 48.5 Å². The van der Waals surface area contributed by atoms with Crippen molar-refractivity contribution < 1.29 is 14.3 Å². The summed E-state index contributed by atoms with van der Waals surface area (Å²) in [7, 11) is 6.06. The Morgan fingerprint density at radius 1 is 1.05 bits per heavy atom. The smallest absolute Gasteiger partial charge is 0.243 e. The lowest BCUT2D eigenvalue weighted by Gasteiger charge is -2.23. The second-order valence-electron chi connectivity index (χ2n) is 10.8. The molecular weight excluding hydrogens is 478 g/mol. The second kappa shape index (κ2) is 17.5. The summed E-state index contributed by atoms with van der Waals surface area (Å²) < 4.78 is 5.85. The predicted molar refractivity (Wildman–Crippen MR) is 157 cm³/mol. The maximum atomic E-state index is 12.9. The number of hydrogen-bond acceptors (Lipinski definition) is 6. The van der Waals surface area contributed by atoms with Gasteiger partial charge in [-0.1, -0.05) is 52.8 Å². The minimum atomic E-state index is -0.562. The van der Waals surface area contributed by atoms with Gasteiger partial charge in [-0.25, -0.2) is 0 Å². The maximum Gasteiger partial charge on any atom is 0.243 e. The van der Waals surface area contributed by atoms with E-state index in [9.17, 15) is 9.59 Å². The first-order valence-electron chi connectivity index (χ1n) is 13.7. The molecule has 0 aliphatic carbocycles. The fourth-order valence-corrected chi connectivity index (χ4v) is 3.53. The van der Waals surface area contributed by atoms with Crippen LogP contribution in [-0.2, 0) is 20.9 Å². The Morgan fingerprint density at radius 2 is 1.71 bits per heavy atom. The van der Waals surface area contributed by atoms with Crippen LogP contribution in [0.3, 0.4) is 0 Å². The first-order valence-corrected chi connectivity index (χ1v) is 13.7. The molecule has 214 valence electrons. The van der Waals surface area contributed by atoms with Crippen molar-refractivity contribution >= 4 is 17.5 Å². The third-order valence-electron chi connectivity index (χ3n) is 6.09. The Morgan fingerprint density at radius 3 is 2.26 bits per heavy atom. The van der Waals surface area contributed by atoms with Crippen molar-refractivity contribution in [2.75, 3.05) is 46.1 Å². The molecule has 1 aromatic rings. The lowest BCUT2D eigenvalue weighted by Crippen LogP contribution is -2.50. The van der Waals surface area contributed by atoms with Gasteiger partial charge in [0.15, 0.2) is 5.88 Å². The van der Waals surface area contributed by atoms with E-state index in [4.69, 9.17) is 4.74 Å². The number of benzene rings is 1. The van der Waals surface area contributed by atoms with E-state index >= 15 is 0 Å². The zero-order valence-corrected chi connectivity index (χ0v) is 24.9. The molecule has 0 saturated carbocycles. The van der Waals surface area contributed by atoms with Crippen LogP contribution >= 0.6 is 0 Å². The first-order chi connectivity index (χ1) is 17.9. The van der Waals surface area contributed by atoms with Crippen molar-refractivity contribution in [1.29, 1.82) is 0 Å². The van der Waals surface area contributed by atoms with Gasteiger partial charge in [-0.15, -0.1) is 0 Å². The molecule has 38 heavy (non-hydrogen) atoms. The molecule has 0 saturated heterocycles. The Kier molecular flexibility index (Phi) is 15.2. The Bertz CT molecular complexity index is 894. The Labute approximate surface area is 230 Å². The number of nitrogens with one attached hydrogen (secondary N) is 3. The number of anilines is 1. The van der Waals surface area contributed by atoms with Gasteiger partial charge < -0.3 is 30.5 Å². The van der Waals surface area contributed by atoms with Crippen LogP contribution in [-0.4, -0.2) is 68.4 Å². The number of nitrogens with zero attached hydrogens (tertiary/aromatic N) is 2. The van der Waals surface area contributed by atoms with Gasteiger partial charge in [0, 0.05) is 37.9 Å². The van der Waals surface area contributed by atoms with Crippen molar-refractivity contribution in [3.05, 3.63) is 54.1 Å². The van der Waals surface area contributed by atoms with E-state index in [-0.39, 0.29) is 17.7 Å². The van der Waals surface area contributed by atoms with Crippen LogP contribution in [0.4, 0.5) is 5.69 Å². The highest BCUT2D eigenvalue weighted by molar-refractivity contribution is 5.88. The average molecular weight is 530 g/mol. The lowest BCUT2D eigenvalue weighted by atomic mass is 10.0. The van der Waals surface area contributed by atoms with Crippen molar-refractivity contribution in [2.24, 2.45) is 11.8 Å². The molecule has 1 unspecified atom stereocenters. The molecular formula is C30H51N5O3. The SMILES string of the molecule is C=C(OCc1ccc(N/C(=C/CC)CNC(=O)C(NC(=O)CCC(C)C)C(C)C)cc1)N(C)CCN(C)C. The molecule has 2 amide bonds. The van der Waals surface area contributed by atoms with E-state index in [1.807, 2.05) is 64.2 Å². The average Bonchev–Trinajstić information content (AvgIpc) is 2.86. The molecule has 0 heterocycles. The predicted octanol–water partition coefficient (Wildman–Crippen LogP) is 4.57. The van der Waals surface area contributed by atoms with Gasteiger partial charge in [0.2, 0.25) is 11.8 Å². The van der Waals surface area contributed by atoms with E-state index < -0.39 is 6.04 Å². The Hall–Kier alpha value is -3.00. The van der Waals surface area contributed by atoms with Gasteiger partial charge in [-0.3, -0.25) is 9.59 Å². The lowest BCUT2D eigenvalue weighted by molar-refractivity contribution is -0.130. The molecule has 8 nitrogen and oxygen atoms in total. The monoisotopic (exact) mass is 529 g/mol. The zero-order chi connectivity index (χ0) is 28.7. The number of hydrogen-bond donors (Lipinski definition) is 3. The van der Waals surface area contributed by atoms with E-state index in [0.717, 1.165) is 42.9 Å². The summed E-state index contributed by atoms with van der Waals surface area (Å²) in [6.07, 6.45) is 4.11. The summed E-state index contributed by atoms with van der Waals surface area (Å²) in [4.78, 5) is 29.3. The molecule has 8 heteroatoms. The van der Waals surface area contributed by atoms with Gasteiger partial charge in [-0.2, -0.15) is 0 Å². The molecule has 0 aromatic heterocycles. The normalized spacial score (nSPS) is 12.4. The zero-order valence-electron chi connectivity index (χ0n) is 24.9. The summed E-state index contributed by atoms with van der Waals surface area (Å²) >= 11 is 0. The van der Waals surface area contributed by atoms with Gasteiger partial charge in [-0.05, 0) is 63.0 Å². The number of carbonyl (C=O) groups is 2. The van der Waals surface area contributed by atoms with Gasteiger partial charge in [0.1, 0.15) is 12.6 Å². The third kappa shape index (κ3) is 13.5. The molecule has 0 bridgehead atoms. The van der Waals surface area contributed by atoms with E-state index in [1.54, 1.807) is 0 Å². The van der Waals surface area contributed by atoms with Crippen molar-refractivity contribution in [2.45, 2.75) is 66.5 Å². The first kappa shape index (κ1) is 33.0. The minimum absolute atomic E-state index is 0.0109. The summed E-state index contributed by atoms with van der Waals surface area (Å²) in [5.74, 6) is 0.825. The van der Waals surface area contributed by atoms with E-state index in [2.05, 4.69) is 54.3 Å². The van der Waals surface area contributed by atoms with Crippen LogP contribution < -0.4 is 16.0 Å². The van der Waals surface area contributed by atoms with Crippen molar-refractivity contribution in [1.82, 2.24) is 20.4 Å². The maximum absolute atomic E-state index is 12.9. The summed E-state index contributed by atoms with van der Waals surface area (Å²) in [5.41, 5.74) is 2.86. The summed E-state index contributed by atoms with van der Waals surface area (Å²) in [5, 5.41) is 9.30. The van der Waals surface area contributed by atoms with Crippen LogP contribution in [0.5, 0.6) is 0 Å². The fraction of sp³-hybridized carbons (Fsp3) is 0.600. The van der Waals surface area contributed by atoms with Gasteiger partial charge in [0.25, 0.3) is 0 Å². The largest absolute Gasteiger partial charge is 0.475 e. The quantitative estimate of drug-likeness (QED) is 0.242. The highest BCUT2D eigenvalue weighted by atomic mass is 16.5. The number of ether oxygens (including phenoxy) is 1. The standard InChI is InChI=1S/C30H51N5O3/c1-10-11-27(20-31-30(37)29(23(4)5)33-28(36)17-12-22(2)3)32-26-15-13-25(14-16-26)21-38-24(6)35(9)19-18-34(7)8/h11,13-16,22-23,29,32H,6,10,12,17-21H2,1-5,7-9H3,(H,31,37)(H,33,36)/b27-11+. The van der Waals surface area contributed by atoms with Crippen LogP contribution in [0.1, 0.15) is 59.4 Å². The van der Waals surface area contributed by atoms with E-state index in [1.165, 1.54) is 0 Å². The number of amides is 2. The molecule has 0 spiro atoms. The molecule has 1 rings (SSSR count). The number of carbonyl (C=O) groups excluding carboxylic acids is 2. The molecule has 3 N–H and O–H groups in total. The molecule has 0 radical (unpaired) electrons. The topological polar surface area (TPSA) is 85.9 Å².